The monoisotopic (exact) mass is 409 g/mol. The van der Waals surface area contributed by atoms with Crippen molar-refractivity contribution in [1.29, 1.82) is 0 Å². The van der Waals surface area contributed by atoms with E-state index in [4.69, 9.17) is 9.47 Å². The molecule has 0 fully saturated rings. The van der Waals surface area contributed by atoms with Gasteiger partial charge >= 0.3 is 5.97 Å². The van der Waals surface area contributed by atoms with Crippen LogP contribution in [0.1, 0.15) is 28.9 Å². The Morgan fingerprint density at radius 2 is 1.79 bits per heavy atom. The average molecular weight is 410 g/mol. The first-order valence-corrected chi connectivity index (χ1v) is 10.4. The van der Waals surface area contributed by atoms with Crippen LogP contribution < -0.4 is 10.1 Å². The molecule has 0 aliphatic rings. The Labute approximate surface area is 174 Å². The molecule has 1 N–H and O–H groups in total. The van der Waals surface area contributed by atoms with Gasteiger partial charge < -0.3 is 14.8 Å². The summed E-state index contributed by atoms with van der Waals surface area (Å²) < 4.78 is 10.4. The Morgan fingerprint density at radius 3 is 2.52 bits per heavy atom. The van der Waals surface area contributed by atoms with Gasteiger partial charge in [0.25, 0.3) is 5.91 Å². The molecule has 0 bridgehead atoms. The lowest BCUT2D eigenvalue weighted by Crippen LogP contribution is -2.31. The fourth-order valence-corrected chi connectivity index (χ4v) is 3.45. The van der Waals surface area contributed by atoms with Crippen LogP contribution in [0, 0.1) is 0 Å². The van der Waals surface area contributed by atoms with Crippen molar-refractivity contribution in [3.63, 3.8) is 0 Å². The molecule has 3 aromatic carbocycles. The minimum Gasteiger partial charge on any atom is -0.496 e. The molecule has 0 radical (unpaired) electrons. The number of esters is 1. The van der Waals surface area contributed by atoms with Crippen LogP contribution in [0.25, 0.3) is 10.8 Å². The summed E-state index contributed by atoms with van der Waals surface area (Å²) in [7, 11) is 1.49. The number of rotatable bonds is 7. The van der Waals surface area contributed by atoms with Crippen molar-refractivity contribution in [1.82, 2.24) is 5.32 Å². The molecule has 1 amide bonds. The Bertz CT molecular complexity index is 1030. The molecular formula is C23H23NO4S. The fraction of sp³-hybridized carbons (Fsp3) is 0.217. The highest BCUT2D eigenvalue weighted by molar-refractivity contribution is 7.98. The Kier molecular flexibility index (Phi) is 6.77. The van der Waals surface area contributed by atoms with E-state index in [9.17, 15) is 9.59 Å². The summed E-state index contributed by atoms with van der Waals surface area (Å²) in [6.45, 7) is 1.54. The van der Waals surface area contributed by atoms with Gasteiger partial charge in [-0.25, -0.2) is 4.79 Å². The standard InChI is InChI=1S/C23H23NO4S/c1-15(17-9-8-16-6-4-5-7-18(16)12-17)24-22(25)14-28-23(26)20-11-10-19(29-3)13-21(20)27-2/h4-13,15H,14H2,1-3H3,(H,24,25). The van der Waals surface area contributed by atoms with Crippen LogP contribution in [-0.2, 0) is 9.53 Å². The Hall–Kier alpha value is -2.99. The summed E-state index contributed by atoms with van der Waals surface area (Å²) in [5.41, 5.74) is 1.28. The van der Waals surface area contributed by atoms with Gasteiger partial charge in [-0.15, -0.1) is 11.8 Å². The van der Waals surface area contributed by atoms with Crippen molar-refractivity contribution in [2.45, 2.75) is 17.9 Å². The van der Waals surface area contributed by atoms with Gasteiger partial charge in [-0.3, -0.25) is 4.79 Å². The van der Waals surface area contributed by atoms with E-state index in [0.29, 0.717) is 11.3 Å². The highest BCUT2D eigenvalue weighted by Crippen LogP contribution is 2.26. The van der Waals surface area contributed by atoms with Gasteiger partial charge in [-0.1, -0.05) is 36.4 Å². The Balaban J connectivity index is 1.59. The zero-order chi connectivity index (χ0) is 20.8. The molecule has 1 unspecified atom stereocenters. The molecule has 5 nitrogen and oxygen atoms in total. The third-order valence-electron chi connectivity index (χ3n) is 4.61. The molecule has 3 aromatic rings. The van der Waals surface area contributed by atoms with Gasteiger partial charge in [0, 0.05) is 4.90 Å². The number of carbonyl (C=O) groups excluding carboxylic acids is 2. The normalized spacial score (nSPS) is 11.7. The van der Waals surface area contributed by atoms with E-state index in [-0.39, 0.29) is 18.6 Å². The number of fused-ring (bicyclic) bond motifs is 1. The zero-order valence-electron chi connectivity index (χ0n) is 16.6. The van der Waals surface area contributed by atoms with Crippen LogP contribution >= 0.6 is 11.8 Å². The van der Waals surface area contributed by atoms with E-state index < -0.39 is 5.97 Å². The summed E-state index contributed by atoms with van der Waals surface area (Å²) in [5, 5.41) is 5.12. The molecule has 29 heavy (non-hydrogen) atoms. The molecular weight excluding hydrogens is 386 g/mol. The van der Waals surface area contributed by atoms with Crippen molar-refractivity contribution in [2.75, 3.05) is 20.0 Å². The lowest BCUT2D eigenvalue weighted by atomic mass is 10.0. The molecule has 0 saturated carbocycles. The molecule has 0 aliphatic heterocycles. The van der Waals surface area contributed by atoms with E-state index in [1.807, 2.05) is 61.7 Å². The van der Waals surface area contributed by atoms with E-state index in [1.54, 1.807) is 23.9 Å². The Morgan fingerprint density at radius 1 is 1.03 bits per heavy atom. The first-order valence-electron chi connectivity index (χ1n) is 9.19. The molecule has 1 atom stereocenters. The maximum atomic E-state index is 12.3. The van der Waals surface area contributed by atoms with Crippen LogP contribution in [-0.4, -0.2) is 31.8 Å². The lowest BCUT2D eigenvalue weighted by Gasteiger charge is -2.15. The average Bonchev–Trinajstić information content (AvgIpc) is 2.76. The van der Waals surface area contributed by atoms with Crippen LogP contribution in [0.15, 0.2) is 65.6 Å². The van der Waals surface area contributed by atoms with Crippen molar-refractivity contribution in [3.05, 3.63) is 71.8 Å². The summed E-state index contributed by atoms with van der Waals surface area (Å²) in [6.07, 6.45) is 1.94. The number of methoxy groups -OCH3 is 1. The van der Waals surface area contributed by atoms with Gasteiger partial charge in [0.15, 0.2) is 6.61 Å². The van der Waals surface area contributed by atoms with Gasteiger partial charge in [-0.05, 0) is 53.8 Å². The van der Waals surface area contributed by atoms with E-state index in [1.165, 1.54) is 7.11 Å². The van der Waals surface area contributed by atoms with Gasteiger partial charge in [-0.2, -0.15) is 0 Å². The van der Waals surface area contributed by atoms with Crippen molar-refractivity contribution >= 4 is 34.4 Å². The van der Waals surface area contributed by atoms with Gasteiger partial charge in [0.1, 0.15) is 11.3 Å². The molecule has 0 aromatic heterocycles. The third-order valence-corrected chi connectivity index (χ3v) is 5.34. The smallest absolute Gasteiger partial charge is 0.342 e. The molecule has 0 aliphatic carbocycles. The molecule has 0 spiro atoms. The molecule has 0 saturated heterocycles. The highest BCUT2D eigenvalue weighted by atomic mass is 32.2. The van der Waals surface area contributed by atoms with E-state index >= 15 is 0 Å². The minimum absolute atomic E-state index is 0.207. The number of carbonyl (C=O) groups is 2. The molecule has 3 rings (SSSR count). The summed E-state index contributed by atoms with van der Waals surface area (Å²) in [4.78, 5) is 25.6. The summed E-state index contributed by atoms with van der Waals surface area (Å²) in [6, 6.07) is 19.1. The third kappa shape index (κ3) is 5.09. The minimum atomic E-state index is -0.594. The fourth-order valence-electron chi connectivity index (χ4n) is 3.02. The zero-order valence-corrected chi connectivity index (χ0v) is 17.4. The number of thioether (sulfide) groups is 1. The molecule has 6 heteroatoms. The predicted octanol–water partition coefficient (Wildman–Crippen LogP) is 4.60. The van der Waals surface area contributed by atoms with E-state index in [2.05, 4.69) is 5.32 Å². The van der Waals surface area contributed by atoms with E-state index in [0.717, 1.165) is 21.2 Å². The first-order chi connectivity index (χ1) is 14.0. The van der Waals surface area contributed by atoms with Crippen LogP contribution in [0.5, 0.6) is 5.75 Å². The predicted molar refractivity (Wildman–Crippen MR) is 116 cm³/mol. The first kappa shape index (κ1) is 20.7. The highest BCUT2D eigenvalue weighted by Gasteiger charge is 2.17. The second kappa shape index (κ2) is 9.47. The second-order valence-electron chi connectivity index (χ2n) is 6.54. The number of hydrogen-bond acceptors (Lipinski definition) is 5. The number of benzene rings is 3. The number of nitrogens with one attached hydrogen (secondary N) is 1. The maximum absolute atomic E-state index is 12.3. The molecule has 150 valence electrons. The van der Waals surface area contributed by atoms with Crippen molar-refractivity contribution in [2.24, 2.45) is 0 Å². The SMILES string of the molecule is COc1cc(SC)ccc1C(=O)OCC(=O)NC(C)c1ccc2ccccc2c1. The molecule has 0 heterocycles. The second-order valence-corrected chi connectivity index (χ2v) is 7.42. The maximum Gasteiger partial charge on any atom is 0.342 e. The van der Waals surface area contributed by atoms with Gasteiger partial charge in [0.2, 0.25) is 0 Å². The van der Waals surface area contributed by atoms with Crippen LogP contribution in [0.2, 0.25) is 0 Å². The quantitative estimate of drug-likeness (QED) is 0.456. The summed E-state index contributed by atoms with van der Waals surface area (Å²) >= 11 is 1.55. The lowest BCUT2D eigenvalue weighted by molar-refractivity contribution is -0.124. The van der Waals surface area contributed by atoms with Crippen molar-refractivity contribution in [3.8, 4) is 5.75 Å². The van der Waals surface area contributed by atoms with Gasteiger partial charge in [0.05, 0.1) is 13.2 Å². The topological polar surface area (TPSA) is 64.6 Å². The number of ether oxygens (including phenoxy) is 2. The largest absolute Gasteiger partial charge is 0.496 e. The van der Waals surface area contributed by atoms with Crippen LogP contribution in [0.3, 0.4) is 0 Å². The number of hydrogen-bond donors (Lipinski definition) is 1. The van der Waals surface area contributed by atoms with Crippen LogP contribution in [0.4, 0.5) is 0 Å². The van der Waals surface area contributed by atoms with Crippen molar-refractivity contribution < 1.29 is 19.1 Å². The summed E-state index contributed by atoms with van der Waals surface area (Å²) in [5.74, 6) is -0.534. The number of amides is 1.